The molecule has 4 N–H and O–H groups in total. The Labute approximate surface area is 110 Å². The highest BCUT2D eigenvalue weighted by atomic mass is 16.4. The molecule has 0 aliphatic carbocycles. The lowest BCUT2D eigenvalue weighted by molar-refractivity contribution is 0.0694. The molecule has 0 heterocycles. The number of phenols is 1. The zero-order valence-electron chi connectivity index (χ0n) is 10.7. The van der Waals surface area contributed by atoms with Crippen molar-refractivity contribution >= 4 is 17.7 Å². The summed E-state index contributed by atoms with van der Waals surface area (Å²) in [4.78, 5) is 22.2. The van der Waals surface area contributed by atoms with Crippen LogP contribution in [0.15, 0.2) is 29.8 Å². The molecule has 1 aromatic carbocycles. The molecule has 2 amide bonds. The lowest BCUT2D eigenvalue weighted by Gasteiger charge is -2.07. The number of rotatable bonds is 4. The number of nitrogens with one attached hydrogen (secondary N) is 2. The third kappa shape index (κ3) is 4.71. The fraction of sp³-hybridized carbons (Fsp3) is 0.231. The Kier molecular flexibility index (Phi) is 4.93. The summed E-state index contributed by atoms with van der Waals surface area (Å²) < 4.78 is 0. The second-order valence-electron chi connectivity index (χ2n) is 4.15. The SMILES string of the molecule is CC(C)=CCNC(=O)Nc1ccc(C(=O)O)c(O)c1. The molecule has 0 atom stereocenters. The average molecular weight is 264 g/mol. The Morgan fingerprint density at radius 3 is 2.53 bits per heavy atom. The first-order valence-electron chi connectivity index (χ1n) is 5.64. The lowest BCUT2D eigenvalue weighted by Crippen LogP contribution is -2.28. The van der Waals surface area contributed by atoms with Crippen LogP contribution >= 0.6 is 0 Å². The number of anilines is 1. The summed E-state index contributed by atoms with van der Waals surface area (Å²) in [5.74, 6) is -1.62. The number of allylic oxidation sites excluding steroid dienone is 1. The van der Waals surface area contributed by atoms with Crippen molar-refractivity contribution in [3.05, 3.63) is 35.4 Å². The first-order chi connectivity index (χ1) is 8.90. The highest BCUT2D eigenvalue weighted by Gasteiger charge is 2.10. The first kappa shape index (κ1) is 14.6. The van der Waals surface area contributed by atoms with Gasteiger partial charge in [0, 0.05) is 18.3 Å². The number of amides is 2. The number of carbonyl (C=O) groups is 2. The number of hydrogen-bond donors (Lipinski definition) is 4. The average Bonchev–Trinajstić information content (AvgIpc) is 2.27. The largest absolute Gasteiger partial charge is 0.507 e. The van der Waals surface area contributed by atoms with Gasteiger partial charge in [0.15, 0.2) is 0 Å². The molecular weight excluding hydrogens is 248 g/mol. The Hall–Kier alpha value is -2.50. The van der Waals surface area contributed by atoms with Crippen LogP contribution in [0.3, 0.4) is 0 Å². The minimum Gasteiger partial charge on any atom is -0.507 e. The molecule has 0 radical (unpaired) electrons. The highest BCUT2D eigenvalue weighted by molar-refractivity contribution is 5.93. The number of aromatic carboxylic acids is 1. The zero-order chi connectivity index (χ0) is 14.4. The Balaban J connectivity index is 2.63. The van der Waals surface area contributed by atoms with Crippen molar-refractivity contribution in [3.8, 4) is 5.75 Å². The van der Waals surface area contributed by atoms with Gasteiger partial charge in [-0.05, 0) is 26.0 Å². The van der Waals surface area contributed by atoms with Crippen molar-refractivity contribution in [2.45, 2.75) is 13.8 Å². The summed E-state index contributed by atoms with van der Waals surface area (Å²) in [5, 5.41) is 23.3. The van der Waals surface area contributed by atoms with Crippen molar-refractivity contribution < 1.29 is 19.8 Å². The van der Waals surface area contributed by atoms with E-state index in [4.69, 9.17) is 5.11 Å². The van der Waals surface area contributed by atoms with Gasteiger partial charge in [-0.1, -0.05) is 11.6 Å². The number of hydrogen-bond acceptors (Lipinski definition) is 3. The fourth-order valence-corrected chi connectivity index (χ4v) is 1.31. The minimum absolute atomic E-state index is 0.213. The van der Waals surface area contributed by atoms with Crippen molar-refractivity contribution in [3.63, 3.8) is 0 Å². The van der Waals surface area contributed by atoms with Crippen molar-refractivity contribution in [1.29, 1.82) is 0 Å². The van der Waals surface area contributed by atoms with Gasteiger partial charge in [0.05, 0.1) is 0 Å². The quantitative estimate of drug-likeness (QED) is 0.626. The van der Waals surface area contributed by atoms with Crippen LogP contribution in [0, 0.1) is 0 Å². The second kappa shape index (κ2) is 6.44. The Morgan fingerprint density at radius 1 is 1.32 bits per heavy atom. The summed E-state index contributed by atoms with van der Waals surface area (Å²) in [5.41, 5.74) is 1.19. The highest BCUT2D eigenvalue weighted by Crippen LogP contribution is 2.21. The smallest absolute Gasteiger partial charge is 0.339 e. The van der Waals surface area contributed by atoms with Gasteiger partial charge in [-0.3, -0.25) is 0 Å². The molecule has 0 aliphatic heterocycles. The van der Waals surface area contributed by atoms with Crippen molar-refractivity contribution in [2.75, 3.05) is 11.9 Å². The van der Waals surface area contributed by atoms with E-state index in [1.54, 1.807) is 0 Å². The molecule has 0 fully saturated rings. The predicted molar refractivity (Wildman–Crippen MR) is 71.5 cm³/mol. The number of carbonyl (C=O) groups excluding carboxylic acids is 1. The van der Waals surface area contributed by atoms with Crippen LogP contribution in [-0.2, 0) is 0 Å². The maximum atomic E-state index is 11.5. The van der Waals surface area contributed by atoms with Crippen LogP contribution in [0.25, 0.3) is 0 Å². The van der Waals surface area contributed by atoms with E-state index in [2.05, 4.69) is 10.6 Å². The topological polar surface area (TPSA) is 98.7 Å². The molecule has 1 rings (SSSR count). The van der Waals surface area contributed by atoms with Crippen LogP contribution < -0.4 is 10.6 Å². The van der Waals surface area contributed by atoms with Crippen molar-refractivity contribution in [1.82, 2.24) is 5.32 Å². The van der Waals surface area contributed by atoms with Gasteiger partial charge in [-0.25, -0.2) is 9.59 Å². The normalized spacial score (nSPS) is 9.58. The zero-order valence-corrected chi connectivity index (χ0v) is 10.7. The maximum Gasteiger partial charge on any atom is 0.339 e. The van der Waals surface area contributed by atoms with Gasteiger partial charge in [-0.2, -0.15) is 0 Å². The van der Waals surface area contributed by atoms with Crippen LogP contribution in [0.1, 0.15) is 24.2 Å². The molecule has 6 heteroatoms. The molecule has 19 heavy (non-hydrogen) atoms. The minimum atomic E-state index is -1.22. The molecule has 0 saturated carbocycles. The Morgan fingerprint density at radius 2 is 2.00 bits per heavy atom. The third-order valence-electron chi connectivity index (χ3n) is 2.26. The van der Waals surface area contributed by atoms with Crippen LogP contribution in [0.5, 0.6) is 5.75 Å². The van der Waals surface area contributed by atoms with Crippen LogP contribution in [0.4, 0.5) is 10.5 Å². The molecule has 6 nitrogen and oxygen atoms in total. The van der Waals surface area contributed by atoms with E-state index in [0.717, 1.165) is 5.57 Å². The summed E-state index contributed by atoms with van der Waals surface area (Å²) >= 11 is 0. The standard InChI is InChI=1S/C13H16N2O4/c1-8(2)5-6-14-13(19)15-9-3-4-10(12(17)18)11(16)7-9/h3-5,7,16H,6H2,1-2H3,(H,17,18)(H2,14,15,19). The number of benzene rings is 1. The molecule has 102 valence electrons. The van der Waals surface area contributed by atoms with E-state index in [0.29, 0.717) is 12.2 Å². The monoisotopic (exact) mass is 264 g/mol. The van der Waals surface area contributed by atoms with E-state index >= 15 is 0 Å². The first-order valence-corrected chi connectivity index (χ1v) is 5.64. The molecule has 0 aromatic heterocycles. The van der Waals surface area contributed by atoms with E-state index in [1.807, 2.05) is 19.9 Å². The second-order valence-corrected chi connectivity index (χ2v) is 4.15. The predicted octanol–water partition coefficient (Wildman–Crippen LogP) is 2.18. The molecule has 0 aliphatic rings. The molecule has 0 saturated heterocycles. The van der Waals surface area contributed by atoms with Gasteiger partial charge in [0.1, 0.15) is 11.3 Å². The third-order valence-corrected chi connectivity index (χ3v) is 2.26. The van der Waals surface area contributed by atoms with E-state index < -0.39 is 17.7 Å². The molecule has 0 bridgehead atoms. The van der Waals surface area contributed by atoms with E-state index in [9.17, 15) is 14.7 Å². The molecule has 1 aromatic rings. The summed E-state index contributed by atoms with van der Waals surface area (Å²) in [6.07, 6.45) is 1.85. The lowest BCUT2D eigenvalue weighted by atomic mass is 10.2. The van der Waals surface area contributed by atoms with Crippen LogP contribution in [0.2, 0.25) is 0 Å². The molecule has 0 spiro atoms. The summed E-state index contributed by atoms with van der Waals surface area (Å²) in [6.45, 7) is 4.23. The fourth-order valence-electron chi connectivity index (χ4n) is 1.31. The number of carboxylic acids is 1. The van der Waals surface area contributed by atoms with Crippen LogP contribution in [-0.4, -0.2) is 28.8 Å². The van der Waals surface area contributed by atoms with Gasteiger partial charge in [0.25, 0.3) is 0 Å². The maximum absolute atomic E-state index is 11.5. The van der Waals surface area contributed by atoms with Crippen molar-refractivity contribution in [2.24, 2.45) is 0 Å². The molecule has 0 unspecified atom stereocenters. The van der Waals surface area contributed by atoms with Gasteiger partial charge in [0.2, 0.25) is 0 Å². The van der Waals surface area contributed by atoms with E-state index in [1.165, 1.54) is 18.2 Å². The summed E-state index contributed by atoms with van der Waals surface area (Å²) in [7, 11) is 0. The number of aromatic hydroxyl groups is 1. The van der Waals surface area contributed by atoms with E-state index in [-0.39, 0.29) is 5.56 Å². The number of urea groups is 1. The number of carboxylic acid groups (broad SMARTS) is 1. The Bertz CT molecular complexity index is 519. The van der Waals surface area contributed by atoms with Gasteiger partial charge < -0.3 is 20.8 Å². The van der Waals surface area contributed by atoms with Gasteiger partial charge >= 0.3 is 12.0 Å². The summed E-state index contributed by atoms with van der Waals surface area (Å²) in [6, 6.07) is 3.39. The molecular formula is C13H16N2O4. The van der Waals surface area contributed by atoms with Gasteiger partial charge in [-0.15, -0.1) is 0 Å².